The minimum absolute atomic E-state index is 0.150. The van der Waals surface area contributed by atoms with E-state index in [-0.39, 0.29) is 23.8 Å². The molecule has 0 aliphatic heterocycles. The topological polar surface area (TPSA) is 113 Å². The highest BCUT2D eigenvalue weighted by Gasteiger charge is 2.12. The second kappa shape index (κ2) is 4.38. The molecule has 1 rings (SSSR count). The normalized spacial score (nSPS) is 9.79. The fourth-order valence-corrected chi connectivity index (χ4v) is 0.912. The quantitative estimate of drug-likeness (QED) is 0.478. The number of carbonyl (C=O) groups is 2. The lowest BCUT2D eigenvalue weighted by Gasteiger charge is -2.02. The molecule has 7 nitrogen and oxygen atoms in total. The van der Waals surface area contributed by atoms with E-state index in [4.69, 9.17) is 5.73 Å². The van der Waals surface area contributed by atoms with Crippen LogP contribution in [0.4, 0.5) is 5.82 Å². The number of primary amides is 1. The summed E-state index contributed by atoms with van der Waals surface area (Å²) < 4.78 is 0. The molecule has 0 radical (unpaired) electrons. The van der Waals surface area contributed by atoms with Gasteiger partial charge in [-0.25, -0.2) is 0 Å². The van der Waals surface area contributed by atoms with E-state index in [1.165, 1.54) is 6.20 Å². The summed E-state index contributed by atoms with van der Waals surface area (Å²) in [7, 11) is 1.64. The molecule has 1 aromatic rings. The maximum Gasteiger partial charge on any atom is 0.254 e. The van der Waals surface area contributed by atoms with E-state index in [1.54, 1.807) is 7.05 Å². The number of rotatable bonds is 4. The van der Waals surface area contributed by atoms with Gasteiger partial charge >= 0.3 is 0 Å². The van der Waals surface area contributed by atoms with Crippen LogP contribution >= 0.6 is 0 Å². The van der Waals surface area contributed by atoms with E-state index in [9.17, 15) is 9.59 Å². The summed E-state index contributed by atoms with van der Waals surface area (Å²) in [5.74, 6) is -0.699. The molecule has 5 N–H and O–H groups in total. The SMILES string of the molecule is CNCC(=O)Nc1[nH]ncc1C(N)=O. The zero-order valence-corrected chi connectivity index (χ0v) is 7.63. The molecule has 14 heavy (non-hydrogen) atoms. The van der Waals surface area contributed by atoms with E-state index in [1.807, 2.05) is 0 Å². The van der Waals surface area contributed by atoms with Crippen LogP contribution in [0.5, 0.6) is 0 Å². The van der Waals surface area contributed by atoms with Gasteiger partial charge in [0.05, 0.1) is 12.7 Å². The van der Waals surface area contributed by atoms with Crippen molar-refractivity contribution in [2.45, 2.75) is 0 Å². The van der Waals surface area contributed by atoms with Gasteiger partial charge in [0.2, 0.25) is 5.91 Å². The average Bonchev–Trinajstić information content (AvgIpc) is 2.52. The highest BCUT2D eigenvalue weighted by atomic mass is 16.2. The monoisotopic (exact) mass is 197 g/mol. The Bertz CT molecular complexity index is 346. The van der Waals surface area contributed by atoms with Crippen molar-refractivity contribution in [1.29, 1.82) is 0 Å². The molecule has 76 valence electrons. The van der Waals surface area contributed by atoms with Crippen molar-refractivity contribution in [3.05, 3.63) is 11.8 Å². The lowest BCUT2D eigenvalue weighted by atomic mass is 10.3. The molecule has 0 bridgehead atoms. The fraction of sp³-hybridized carbons (Fsp3) is 0.286. The van der Waals surface area contributed by atoms with E-state index >= 15 is 0 Å². The molecule has 0 saturated heterocycles. The maximum absolute atomic E-state index is 11.1. The number of H-pyrrole nitrogens is 1. The van der Waals surface area contributed by atoms with Gasteiger partial charge in [0.25, 0.3) is 5.91 Å². The molecule has 1 aromatic heterocycles. The molecular formula is C7H11N5O2. The first-order chi connectivity index (χ1) is 6.65. The van der Waals surface area contributed by atoms with Gasteiger partial charge in [-0.3, -0.25) is 14.7 Å². The van der Waals surface area contributed by atoms with Gasteiger partial charge in [-0.1, -0.05) is 0 Å². The van der Waals surface area contributed by atoms with Crippen molar-refractivity contribution in [1.82, 2.24) is 15.5 Å². The average molecular weight is 197 g/mol. The molecule has 0 atom stereocenters. The molecule has 7 heteroatoms. The van der Waals surface area contributed by atoms with Crippen LogP contribution in [0.3, 0.4) is 0 Å². The highest BCUT2D eigenvalue weighted by Crippen LogP contribution is 2.08. The van der Waals surface area contributed by atoms with E-state index in [0.717, 1.165) is 0 Å². The number of likely N-dealkylation sites (N-methyl/N-ethyl adjacent to an activating group) is 1. The number of amides is 2. The van der Waals surface area contributed by atoms with Crippen molar-refractivity contribution in [2.24, 2.45) is 5.73 Å². The number of anilines is 1. The number of nitrogens with one attached hydrogen (secondary N) is 3. The van der Waals surface area contributed by atoms with Crippen LogP contribution < -0.4 is 16.4 Å². The fourth-order valence-electron chi connectivity index (χ4n) is 0.912. The molecule has 0 aliphatic carbocycles. The first kappa shape index (κ1) is 10.2. The number of hydrogen-bond donors (Lipinski definition) is 4. The number of carbonyl (C=O) groups excluding carboxylic acids is 2. The standard InChI is InChI=1S/C7H11N5O2/c1-9-3-5(13)11-7-4(6(8)14)2-10-12-7/h2,9H,3H2,1H3,(H2,8,14)(H2,10,11,12,13). The second-order valence-corrected chi connectivity index (χ2v) is 2.60. The van der Waals surface area contributed by atoms with Gasteiger partial charge < -0.3 is 16.4 Å². The van der Waals surface area contributed by atoms with Crippen molar-refractivity contribution in [3.63, 3.8) is 0 Å². The Balaban J connectivity index is 2.71. The summed E-state index contributed by atoms with van der Waals surface area (Å²) in [6.45, 7) is 0.150. The summed E-state index contributed by atoms with van der Waals surface area (Å²) in [5.41, 5.74) is 5.20. The summed E-state index contributed by atoms with van der Waals surface area (Å²) in [4.78, 5) is 21.9. The predicted molar refractivity (Wildman–Crippen MR) is 49.7 cm³/mol. The maximum atomic E-state index is 11.1. The Kier molecular flexibility index (Phi) is 3.19. The first-order valence-corrected chi connectivity index (χ1v) is 3.92. The Morgan fingerprint density at radius 2 is 2.36 bits per heavy atom. The molecule has 0 spiro atoms. The van der Waals surface area contributed by atoms with Crippen molar-refractivity contribution >= 4 is 17.6 Å². The molecular weight excluding hydrogens is 186 g/mol. The van der Waals surface area contributed by atoms with Crippen molar-refractivity contribution in [3.8, 4) is 0 Å². The van der Waals surface area contributed by atoms with Crippen LogP contribution in [0.2, 0.25) is 0 Å². The van der Waals surface area contributed by atoms with Gasteiger partial charge in [-0.2, -0.15) is 5.10 Å². The lowest BCUT2D eigenvalue weighted by molar-refractivity contribution is -0.115. The summed E-state index contributed by atoms with van der Waals surface area (Å²) in [6.07, 6.45) is 1.26. The molecule has 0 unspecified atom stereocenters. The third-order valence-electron chi connectivity index (χ3n) is 1.51. The minimum atomic E-state index is -0.640. The van der Waals surface area contributed by atoms with Crippen LogP contribution in [0.25, 0.3) is 0 Å². The van der Waals surface area contributed by atoms with Crippen LogP contribution in [0, 0.1) is 0 Å². The van der Waals surface area contributed by atoms with Gasteiger partial charge in [-0.05, 0) is 7.05 Å². The highest BCUT2D eigenvalue weighted by molar-refractivity contribution is 6.02. The van der Waals surface area contributed by atoms with Gasteiger partial charge in [0.15, 0.2) is 0 Å². The minimum Gasteiger partial charge on any atom is -0.365 e. The summed E-state index contributed by atoms with van der Waals surface area (Å²) >= 11 is 0. The van der Waals surface area contributed by atoms with Gasteiger partial charge in [-0.15, -0.1) is 0 Å². The largest absolute Gasteiger partial charge is 0.365 e. The molecule has 0 aliphatic rings. The van der Waals surface area contributed by atoms with Crippen LogP contribution in [-0.2, 0) is 4.79 Å². The number of aromatic nitrogens is 2. The summed E-state index contributed by atoms with van der Waals surface area (Å²) in [5, 5.41) is 11.2. The molecule has 0 fully saturated rings. The number of aromatic amines is 1. The zero-order chi connectivity index (χ0) is 10.6. The molecule has 2 amide bonds. The number of nitrogens with zero attached hydrogens (tertiary/aromatic N) is 1. The van der Waals surface area contributed by atoms with Crippen LogP contribution in [0.15, 0.2) is 6.20 Å². The third-order valence-corrected chi connectivity index (χ3v) is 1.51. The van der Waals surface area contributed by atoms with Crippen LogP contribution in [-0.4, -0.2) is 35.6 Å². The smallest absolute Gasteiger partial charge is 0.254 e. The van der Waals surface area contributed by atoms with E-state index in [2.05, 4.69) is 20.8 Å². The Morgan fingerprint density at radius 1 is 1.64 bits per heavy atom. The van der Waals surface area contributed by atoms with Gasteiger partial charge in [0, 0.05) is 0 Å². The Hall–Kier alpha value is -1.89. The zero-order valence-electron chi connectivity index (χ0n) is 7.63. The van der Waals surface area contributed by atoms with Crippen LogP contribution in [0.1, 0.15) is 10.4 Å². The van der Waals surface area contributed by atoms with E-state index < -0.39 is 5.91 Å². The predicted octanol–water partition coefficient (Wildman–Crippen LogP) is -1.33. The Morgan fingerprint density at radius 3 is 2.93 bits per heavy atom. The molecule has 0 saturated carbocycles. The third kappa shape index (κ3) is 2.30. The lowest BCUT2D eigenvalue weighted by Crippen LogP contribution is -2.26. The molecule has 1 heterocycles. The van der Waals surface area contributed by atoms with E-state index in [0.29, 0.717) is 0 Å². The number of hydrogen-bond acceptors (Lipinski definition) is 4. The first-order valence-electron chi connectivity index (χ1n) is 3.92. The number of nitrogens with two attached hydrogens (primary N) is 1. The van der Waals surface area contributed by atoms with Crippen molar-refractivity contribution in [2.75, 3.05) is 18.9 Å². The Labute approximate surface area is 80.1 Å². The van der Waals surface area contributed by atoms with Gasteiger partial charge in [0.1, 0.15) is 11.4 Å². The second-order valence-electron chi connectivity index (χ2n) is 2.60. The molecule has 0 aromatic carbocycles. The van der Waals surface area contributed by atoms with Crippen molar-refractivity contribution < 1.29 is 9.59 Å². The summed E-state index contributed by atoms with van der Waals surface area (Å²) in [6, 6.07) is 0.